The van der Waals surface area contributed by atoms with Crippen molar-refractivity contribution in [2.45, 2.75) is 36.6 Å². The second kappa shape index (κ2) is 4.88. The van der Waals surface area contributed by atoms with Crippen LogP contribution in [-0.4, -0.2) is 19.4 Å². The second-order valence-corrected chi connectivity index (χ2v) is 7.74. The van der Waals surface area contributed by atoms with Gasteiger partial charge >= 0.3 is 0 Å². The Morgan fingerprint density at radius 3 is 2.26 bits per heavy atom. The van der Waals surface area contributed by atoms with Crippen LogP contribution in [0.4, 0.5) is 0 Å². The average molecular weight is 321 g/mol. The number of hydrogen-bond acceptors (Lipinski definition) is 3. The van der Waals surface area contributed by atoms with E-state index in [0.717, 1.165) is 25.7 Å². The molecule has 0 bridgehead atoms. The van der Waals surface area contributed by atoms with Crippen LogP contribution in [0.5, 0.6) is 0 Å². The molecule has 4 nitrogen and oxygen atoms in total. The number of hydrogen-bond donors (Lipinski definition) is 1. The van der Waals surface area contributed by atoms with E-state index in [1.54, 1.807) is 0 Å². The Kier molecular flexibility index (Phi) is 3.50. The van der Waals surface area contributed by atoms with Gasteiger partial charge in [0.25, 0.3) is 0 Å². The minimum Gasteiger partial charge on any atom is -0.242 e. The van der Waals surface area contributed by atoms with Gasteiger partial charge in [-0.05, 0) is 43.6 Å². The van der Waals surface area contributed by atoms with Crippen molar-refractivity contribution < 1.29 is 8.42 Å². The molecule has 2 aliphatic carbocycles. The van der Waals surface area contributed by atoms with E-state index in [-0.39, 0.29) is 21.1 Å². The molecule has 1 N–H and O–H groups in total. The third-order valence-electron chi connectivity index (χ3n) is 3.63. The van der Waals surface area contributed by atoms with Crippen LogP contribution < -0.4 is 4.72 Å². The van der Waals surface area contributed by atoms with Crippen LogP contribution in [0.1, 0.15) is 25.7 Å². The maximum atomic E-state index is 12.3. The molecule has 0 saturated heterocycles. The van der Waals surface area contributed by atoms with Gasteiger partial charge in [0.05, 0.1) is 5.02 Å². The zero-order chi connectivity index (χ0) is 13.6. The van der Waals surface area contributed by atoms with Gasteiger partial charge in [0, 0.05) is 12.2 Å². The summed E-state index contributed by atoms with van der Waals surface area (Å²) in [6.07, 6.45) is 5.70. The molecule has 0 amide bonds. The van der Waals surface area contributed by atoms with E-state index < -0.39 is 10.0 Å². The number of nitrogens with one attached hydrogen (secondary N) is 1. The summed E-state index contributed by atoms with van der Waals surface area (Å²) in [7, 11) is -3.56. The van der Waals surface area contributed by atoms with Crippen molar-refractivity contribution in [1.29, 1.82) is 0 Å². The Balaban J connectivity index is 1.82. The van der Waals surface area contributed by atoms with E-state index in [9.17, 15) is 8.42 Å². The summed E-state index contributed by atoms with van der Waals surface area (Å²) in [5.74, 6) is 0.996. The molecule has 0 spiro atoms. The highest BCUT2D eigenvalue weighted by Gasteiger charge is 2.43. The predicted molar refractivity (Wildman–Crippen MR) is 73.8 cm³/mol. The highest BCUT2D eigenvalue weighted by atomic mass is 35.5. The first-order chi connectivity index (χ1) is 8.97. The monoisotopic (exact) mass is 320 g/mol. The minimum absolute atomic E-state index is 0.0689. The van der Waals surface area contributed by atoms with Gasteiger partial charge in [-0.2, -0.15) is 0 Å². The predicted octanol–water partition coefficient (Wildman–Crippen LogP) is 2.86. The van der Waals surface area contributed by atoms with E-state index in [2.05, 4.69) is 9.71 Å². The fraction of sp³-hybridized carbons (Fsp3) is 0.583. The van der Waals surface area contributed by atoms with Gasteiger partial charge in [0.15, 0.2) is 0 Å². The van der Waals surface area contributed by atoms with Crippen LogP contribution in [0.2, 0.25) is 10.2 Å². The fourth-order valence-corrected chi connectivity index (χ4v) is 3.96. The summed E-state index contributed by atoms with van der Waals surface area (Å²) >= 11 is 11.5. The SMILES string of the molecule is O=S(=O)(NC(C1CC1)C1CC1)c1cnc(Cl)c(Cl)c1. The van der Waals surface area contributed by atoms with E-state index in [1.807, 2.05) is 0 Å². The molecule has 0 radical (unpaired) electrons. The van der Waals surface area contributed by atoms with Crippen molar-refractivity contribution in [3.05, 3.63) is 22.4 Å². The molecule has 7 heteroatoms. The van der Waals surface area contributed by atoms with Crippen molar-refractivity contribution in [3.63, 3.8) is 0 Å². The number of halogens is 2. The van der Waals surface area contributed by atoms with E-state index in [1.165, 1.54) is 12.3 Å². The summed E-state index contributed by atoms with van der Waals surface area (Å²) in [4.78, 5) is 3.86. The highest BCUT2D eigenvalue weighted by molar-refractivity contribution is 7.89. The topological polar surface area (TPSA) is 59.1 Å². The molecular weight excluding hydrogens is 307 g/mol. The van der Waals surface area contributed by atoms with Crippen LogP contribution in [0.25, 0.3) is 0 Å². The number of nitrogens with zero attached hydrogens (tertiary/aromatic N) is 1. The standard InChI is InChI=1S/C12H14Cl2N2O2S/c13-10-5-9(6-15-12(10)14)19(17,18)16-11(7-1-2-7)8-3-4-8/h5-8,11,16H,1-4H2. The number of pyridine rings is 1. The molecule has 0 atom stereocenters. The van der Waals surface area contributed by atoms with Crippen LogP contribution >= 0.6 is 23.2 Å². The first-order valence-corrected chi connectivity index (χ1v) is 8.54. The lowest BCUT2D eigenvalue weighted by molar-refractivity contribution is 0.471. The summed E-state index contributed by atoms with van der Waals surface area (Å²) in [6, 6.07) is 1.41. The molecule has 104 valence electrons. The lowest BCUT2D eigenvalue weighted by atomic mass is 10.1. The van der Waals surface area contributed by atoms with Gasteiger partial charge in [-0.15, -0.1) is 0 Å². The summed E-state index contributed by atoms with van der Waals surface area (Å²) in [6.45, 7) is 0. The Labute approximate surface area is 122 Å². The zero-order valence-electron chi connectivity index (χ0n) is 10.1. The maximum absolute atomic E-state index is 12.3. The van der Waals surface area contributed by atoms with Crippen molar-refractivity contribution in [2.24, 2.45) is 11.8 Å². The maximum Gasteiger partial charge on any atom is 0.242 e. The van der Waals surface area contributed by atoms with Crippen LogP contribution in [0.15, 0.2) is 17.2 Å². The lowest BCUT2D eigenvalue weighted by Gasteiger charge is -2.17. The van der Waals surface area contributed by atoms with Crippen molar-refractivity contribution in [3.8, 4) is 0 Å². The molecule has 19 heavy (non-hydrogen) atoms. The second-order valence-electron chi connectivity index (χ2n) is 5.27. The van der Waals surface area contributed by atoms with Gasteiger partial charge in [-0.3, -0.25) is 0 Å². The molecule has 0 unspecified atom stereocenters. The molecule has 3 rings (SSSR count). The Bertz CT molecular complexity index is 586. The smallest absolute Gasteiger partial charge is 0.242 e. The van der Waals surface area contributed by atoms with E-state index in [4.69, 9.17) is 23.2 Å². The molecule has 1 heterocycles. The Morgan fingerprint density at radius 1 is 1.21 bits per heavy atom. The minimum atomic E-state index is -3.56. The van der Waals surface area contributed by atoms with Gasteiger partial charge in [0.1, 0.15) is 10.0 Å². The Hall–Kier alpha value is -0.360. The molecule has 2 saturated carbocycles. The Morgan fingerprint density at radius 2 is 1.79 bits per heavy atom. The van der Waals surface area contributed by atoms with Gasteiger partial charge < -0.3 is 0 Å². The molecule has 1 aromatic heterocycles. The fourth-order valence-electron chi connectivity index (χ4n) is 2.29. The molecular formula is C12H14Cl2N2O2S. The summed E-state index contributed by atoms with van der Waals surface area (Å²) in [5, 5.41) is 0.264. The first-order valence-electron chi connectivity index (χ1n) is 6.31. The molecule has 1 aromatic rings. The lowest BCUT2D eigenvalue weighted by Crippen LogP contribution is -2.38. The van der Waals surface area contributed by atoms with Gasteiger partial charge in [-0.25, -0.2) is 18.1 Å². The zero-order valence-corrected chi connectivity index (χ0v) is 12.5. The quantitative estimate of drug-likeness (QED) is 0.849. The van der Waals surface area contributed by atoms with E-state index >= 15 is 0 Å². The molecule has 2 aliphatic rings. The van der Waals surface area contributed by atoms with Crippen molar-refractivity contribution in [1.82, 2.24) is 9.71 Å². The highest BCUT2D eigenvalue weighted by Crippen LogP contribution is 2.45. The molecule has 2 fully saturated rings. The van der Waals surface area contributed by atoms with Crippen molar-refractivity contribution in [2.75, 3.05) is 0 Å². The van der Waals surface area contributed by atoms with Gasteiger partial charge in [0.2, 0.25) is 10.0 Å². The third kappa shape index (κ3) is 3.05. The number of sulfonamides is 1. The summed E-state index contributed by atoms with van der Waals surface area (Å²) in [5.41, 5.74) is 0. The van der Waals surface area contributed by atoms with Crippen LogP contribution in [0.3, 0.4) is 0 Å². The van der Waals surface area contributed by atoms with Gasteiger partial charge in [-0.1, -0.05) is 23.2 Å². The molecule has 0 aromatic carbocycles. The number of rotatable bonds is 5. The third-order valence-corrected chi connectivity index (χ3v) is 5.74. The number of aromatic nitrogens is 1. The summed E-state index contributed by atoms with van der Waals surface area (Å²) < 4.78 is 27.4. The van der Waals surface area contributed by atoms with Crippen LogP contribution in [0, 0.1) is 11.8 Å². The average Bonchev–Trinajstić information content (AvgIpc) is 3.23. The van der Waals surface area contributed by atoms with Crippen molar-refractivity contribution >= 4 is 33.2 Å². The largest absolute Gasteiger partial charge is 0.242 e. The van der Waals surface area contributed by atoms with E-state index in [0.29, 0.717) is 11.8 Å². The molecule has 0 aliphatic heterocycles. The van der Waals surface area contributed by atoms with Crippen LogP contribution in [-0.2, 0) is 10.0 Å². The first kappa shape index (κ1) is 13.6. The normalized spacial score (nSPS) is 19.9.